The molecule has 2 aliphatic heterocycles. The summed E-state index contributed by atoms with van der Waals surface area (Å²) in [6.45, 7) is 34.4. The topological polar surface area (TPSA) is 38.4 Å². The van der Waals surface area contributed by atoms with Crippen molar-refractivity contribution in [3.8, 4) is 67.4 Å². The van der Waals surface area contributed by atoms with Crippen LogP contribution in [0.3, 0.4) is 0 Å². The van der Waals surface area contributed by atoms with E-state index in [4.69, 9.17) is 0 Å². The van der Waals surface area contributed by atoms with Gasteiger partial charge in [-0.25, -0.2) is 0 Å². The van der Waals surface area contributed by atoms with E-state index >= 15 is 0 Å². The van der Waals surface area contributed by atoms with E-state index in [9.17, 15) is 5.26 Å². The predicted molar refractivity (Wildman–Crippen MR) is 475 cm³/mol. The fourth-order valence-corrected chi connectivity index (χ4v) is 17.6. The van der Waals surface area contributed by atoms with Crippen LogP contribution in [0.4, 0.5) is 51.2 Å². The molecule has 2 aliphatic rings. The molecule has 0 N–H and O–H groups in total. The molecule has 0 aliphatic carbocycles. The lowest BCUT2D eigenvalue weighted by Gasteiger charge is -2.46. The molecule has 5 nitrogen and oxygen atoms in total. The number of para-hydroxylation sites is 4. The van der Waals surface area contributed by atoms with Crippen LogP contribution >= 0.6 is 0 Å². The third kappa shape index (κ3) is 12.6. The van der Waals surface area contributed by atoms with E-state index in [2.05, 4.69) is 439 Å². The van der Waals surface area contributed by atoms with Crippen molar-refractivity contribution >= 4 is 96.1 Å². The van der Waals surface area contributed by atoms with Gasteiger partial charge in [-0.1, -0.05) is 328 Å². The van der Waals surface area contributed by atoms with Gasteiger partial charge in [0.25, 0.3) is 6.71 Å². The fourth-order valence-electron chi connectivity index (χ4n) is 17.6. The highest BCUT2D eigenvalue weighted by Crippen LogP contribution is 2.55. The fraction of sp³-hybridized carbons (Fsp3) is 0.190. The van der Waals surface area contributed by atoms with E-state index in [0.717, 1.165) is 129 Å². The Morgan fingerprint density at radius 1 is 0.306 bits per heavy atom. The quantitative estimate of drug-likeness (QED) is 0.121. The van der Waals surface area contributed by atoms with Crippen LogP contribution in [0.2, 0.25) is 0 Å². The van der Waals surface area contributed by atoms with Crippen molar-refractivity contribution in [2.45, 2.75) is 131 Å². The van der Waals surface area contributed by atoms with E-state index in [1.807, 2.05) is 0 Å². The molecule has 3 heterocycles. The molecule has 14 aromatic carbocycles. The zero-order valence-electron chi connectivity index (χ0n) is 66.8. The second-order valence-electron chi connectivity index (χ2n) is 35.7. The zero-order valence-corrected chi connectivity index (χ0v) is 66.8. The highest BCUT2D eigenvalue weighted by molar-refractivity contribution is 7.00. The summed E-state index contributed by atoms with van der Waals surface area (Å²) in [6, 6.07) is 119. The molecule has 0 spiro atoms. The van der Waals surface area contributed by atoms with Crippen molar-refractivity contribution < 1.29 is 0 Å². The summed E-state index contributed by atoms with van der Waals surface area (Å²) >= 11 is 0. The smallest absolute Gasteiger partial charge is 0.252 e. The minimum atomic E-state index is -0.487. The average molecular weight is 1440 g/mol. The van der Waals surface area contributed by atoms with Crippen molar-refractivity contribution in [1.29, 1.82) is 5.26 Å². The number of rotatable bonds is 11. The Morgan fingerprint density at radius 3 is 1.23 bits per heavy atom. The van der Waals surface area contributed by atoms with Crippen LogP contribution in [-0.4, -0.2) is 11.3 Å². The van der Waals surface area contributed by atoms with Crippen LogP contribution in [0.15, 0.2) is 309 Å². The molecule has 0 bridgehead atoms. The van der Waals surface area contributed by atoms with Crippen LogP contribution in [0.1, 0.15) is 137 Å². The van der Waals surface area contributed by atoms with Gasteiger partial charge in [0.05, 0.1) is 45.4 Å². The van der Waals surface area contributed by atoms with Gasteiger partial charge in [-0.3, -0.25) is 0 Å². The van der Waals surface area contributed by atoms with Gasteiger partial charge in [0.1, 0.15) is 0 Å². The molecule has 544 valence electrons. The number of nitrogens with zero attached hydrogens (tertiary/aromatic N) is 5. The molecular formula is C105H96BN5. The van der Waals surface area contributed by atoms with Crippen molar-refractivity contribution in [3.05, 3.63) is 343 Å². The molecule has 0 fully saturated rings. The molecule has 0 atom stereocenters. The Balaban J connectivity index is 1.06. The maximum Gasteiger partial charge on any atom is 0.252 e. The number of aromatic nitrogens is 1. The largest absolute Gasteiger partial charge is 0.311 e. The molecule has 17 rings (SSSR count). The number of hydrogen-bond donors (Lipinski definition) is 0. The summed E-state index contributed by atoms with van der Waals surface area (Å²) in [5.74, 6) is 0. The summed E-state index contributed by atoms with van der Waals surface area (Å²) in [5.41, 5.74) is 33.2. The lowest BCUT2D eigenvalue weighted by Crippen LogP contribution is -2.61. The first-order chi connectivity index (χ1) is 53.2. The monoisotopic (exact) mass is 1440 g/mol. The van der Waals surface area contributed by atoms with Gasteiger partial charge in [0.15, 0.2) is 0 Å². The van der Waals surface area contributed by atoms with Crippen LogP contribution in [-0.2, 0) is 27.1 Å². The molecule has 0 saturated heterocycles. The summed E-state index contributed by atoms with van der Waals surface area (Å²) in [5, 5.41) is 13.9. The minimum absolute atomic E-state index is 0.0702. The Morgan fingerprint density at radius 2 is 0.748 bits per heavy atom. The molecular weight excluding hydrogens is 1340 g/mol. The van der Waals surface area contributed by atoms with Crippen molar-refractivity contribution in [3.63, 3.8) is 0 Å². The van der Waals surface area contributed by atoms with Gasteiger partial charge < -0.3 is 19.3 Å². The SMILES string of the molecule is CC(C)(C)c1ccc(N(c2ccc(C(C)(C)C)cc2)c2cc3c(cc2-c2ccccc2)B2c4ccc(-c5c(-n6c7ccccc7c7ccccc76)ccc(C#N)c5C(C)(C)C)cc4N(c4ccccc4-c4ccccc4)c4cc(-c5ccc(C(C)(C)C)cc5C(C)(C)C)cc(c42)N3c2ccccc2-c2ccccc2)cc1. The molecule has 1 aromatic heterocycles. The maximum atomic E-state index is 11.6. The minimum Gasteiger partial charge on any atom is -0.311 e. The van der Waals surface area contributed by atoms with Crippen molar-refractivity contribution in [2.24, 2.45) is 0 Å². The van der Waals surface area contributed by atoms with Gasteiger partial charge in [0.2, 0.25) is 0 Å². The molecule has 6 heteroatoms. The van der Waals surface area contributed by atoms with Gasteiger partial charge in [-0.15, -0.1) is 0 Å². The lowest BCUT2D eigenvalue weighted by molar-refractivity contribution is 0.570. The second kappa shape index (κ2) is 27.1. The normalized spacial score (nSPS) is 12.9. The number of benzene rings is 14. The Bertz CT molecular complexity index is 6050. The lowest BCUT2D eigenvalue weighted by atomic mass is 9.33. The first-order valence-electron chi connectivity index (χ1n) is 39.4. The molecule has 0 unspecified atom stereocenters. The van der Waals surface area contributed by atoms with Gasteiger partial charge in [0, 0.05) is 67.2 Å². The molecule has 0 radical (unpaired) electrons. The van der Waals surface area contributed by atoms with Crippen LogP contribution in [0.5, 0.6) is 0 Å². The first-order valence-corrected chi connectivity index (χ1v) is 39.4. The Hall–Kier alpha value is -12.2. The van der Waals surface area contributed by atoms with Gasteiger partial charge in [-0.05, 0) is 190 Å². The summed E-state index contributed by atoms with van der Waals surface area (Å²) in [7, 11) is 0. The highest BCUT2D eigenvalue weighted by atomic mass is 15.2. The van der Waals surface area contributed by atoms with Crippen molar-refractivity contribution in [2.75, 3.05) is 14.7 Å². The second-order valence-corrected chi connectivity index (χ2v) is 35.7. The van der Waals surface area contributed by atoms with Gasteiger partial charge >= 0.3 is 0 Å². The van der Waals surface area contributed by atoms with E-state index in [-0.39, 0.29) is 28.4 Å². The molecule has 111 heavy (non-hydrogen) atoms. The average Bonchev–Trinajstić information content (AvgIpc) is 1.33. The van der Waals surface area contributed by atoms with E-state index in [1.165, 1.54) is 49.5 Å². The number of nitriles is 1. The van der Waals surface area contributed by atoms with Crippen LogP contribution in [0.25, 0.3) is 83.1 Å². The number of fused-ring (bicyclic) bond motifs is 7. The predicted octanol–water partition coefficient (Wildman–Crippen LogP) is 27.0. The Labute approximate surface area is 657 Å². The molecule has 0 saturated carbocycles. The van der Waals surface area contributed by atoms with E-state index < -0.39 is 5.41 Å². The zero-order chi connectivity index (χ0) is 77.2. The van der Waals surface area contributed by atoms with Gasteiger partial charge in [-0.2, -0.15) is 5.26 Å². The maximum absolute atomic E-state index is 11.6. The molecule has 0 amide bonds. The summed E-state index contributed by atoms with van der Waals surface area (Å²) in [4.78, 5) is 7.81. The Kier molecular flexibility index (Phi) is 17.5. The van der Waals surface area contributed by atoms with E-state index in [0.29, 0.717) is 5.56 Å². The van der Waals surface area contributed by atoms with Crippen LogP contribution in [0, 0.1) is 11.3 Å². The standard InChI is InChI=1S/C105H96BN5/c1-101(2,3)74-49-54-77(55-50-74)108(78-56-51-75(52-57-78)102(4,5)6)93-66-95-87(65-84(93)70-37-23-18-24-38-70)106-86-59-47-71(98-92(60-48-72(67-107)99(98)105(13,14)15)109-90-45-31-27-41-82(90)83-42-28-32-46-91(83)109)61-94(86)110(88-43-29-25-39-80(88)68-33-19-16-20-34-68)96-62-73(79-58-53-76(103(7,8)9)64-85(79)104(10,11)12)63-97(100(96)106)111(95)89-44-30-26-40-81(89)69-35-21-17-22-36-69/h16-66H,1-15H3. The first kappa shape index (κ1) is 71.7. The summed E-state index contributed by atoms with van der Waals surface area (Å²) in [6.07, 6.45) is 0. The van der Waals surface area contributed by atoms with E-state index in [1.54, 1.807) is 0 Å². The third-order valence-electron chi connectivity index (χ3n) is 23.1. The van der Waals surface area contributed by atoms with Crippen LogP contribution < -0.4 is 31.1 Å². The number of hydrogen-bond acceptors (Lipinski definition) is 4. The number of anilines is 9. The summed E-state index contributed by atoms with van der Waals surface area (Å²) < 4.78 is 2.45. The highest BCUT2D eigenvalue weighted by Gasteiger charge is 2.46. The van der Waals surface area contributed by atoms with Crippen molar-refractivity contribution in [1.82, 2.24) is 4.57 Å². The molecule has 15 aromatic rings. The third-order valence-corrected chi connectivity index (χ3v) is 23.1.